The van der Waals surface area contributed by atoms with Gasteiger partial charge in [0.2, 0.25) is 0 Å². The predicted octanol–water partition coefficient (Wildman–Crippen LogP) is 3.58. The van der Waals surface area contributed by atoms with Gasteiger partial charge in [0.05, 0.1) is 11.2 Å². The van der Waals surface area contributed by atoms with Gasteiger partial charge in [-0.05, 0) is 30.2 Å². The second-order valence-corrected chi connectivity index (χ2v) is 6.40. The summed E-state index contributed by atoms with van der Waals surface area (Å²) in [6.45, 7) is 2.05. The first-order valence-electron chi connectivity index (χ1n) is 6.57. The Kier molecular flexibility index (Phi) is 3.10. The Morgan fingerprint density at radius 1 is 1.10 bits per heavy atom. The second-order valence-electron chi connectivity index (χ2n) is 4.82. The second kappa shape index (κ2) is 5.09. The van der Waals surface area contributed by atoms with Gasteiger partial charge in [0, 0.05) is 22.9 Å². The molecule has 1 aliphatic rings. The summed E-state index contributed by atoms with van der Waals surface area (Å²) in [4.78, 5) is 9.04. The molecule has 3 heterocycles. The number of hydrogen-bond donors (Lipinski definition) is 1. The summed E-state index contributed by atoms with van der Waals surface area (Å²) in [7, 11) is 0. The number of rotatable bonds is 2. The van der Waals surface area contributed by atoms with Gasteiger partial charge in [0.15, 0.2) is 0 Å². The average molecular weight is 299 g/mol. The normalized spacial score (nSPS) is 14.2. The molecule has 4 rings (SSSR count). The van der Waals surface area contributed by atoms with Crippen LogP contribution in [0.2, 0.25) is 0 Å². The molecule has 1 aliphatic heterocycles. The smallest absolute Gasteiger partial charge is 0.143 e. The maximum Gasteiger partial charge on any atom is 0.143 e. The predicted molar refractivity (Wildman–Crippen MR) is 84.1 cm³/mol. The standard InChI is InChI=1S/C15H13N3S2/c1-2-12-6-16-4-3-10(12)5-11(1)13-8-20-15(18-13)14-7-19-9-17-14/h1-2,5,7-9,16H,3-4,6H2. The quantitative estimate of drug-likeness (QED) is 0.786. The van der Waals surface area contributed by atoms with Crippen LogP contribution in [0.15, 0.2) is 34.5 Å². The van der Waals surface area contributed by atoms with Crippen LogP contribution in [0, 0.1) is 0 Å². The maximum atomic E-state index is 4.72. The first kappa shape index (κ1) is 12.2. The summed E-state index contributed by atoms with van der Waals surface area (Å²) in [5.41, 5.74) is 7.96. The van der Waals surface area contributed by atoms with Crippen molar-refractivity contribution < 1.29 is 0 Å². The SMILES string of the molecule is c1nc(-c2nc(-c3ccc4c(c3)CCNC4)cs2)cs1. The van der Waals surface area contributed by atoms with E-state index in [-0.39, 0.29) is 0 Å². The molecule has 3 aromatic rings. The lowest BCUT2D eigenvalue weighted by Gasteiger charge is -2.17. The monoisotopic (exact) mass is 299 g/mol. The molecule has 0 atom stereocenters. The van der Waals surface area contributed by atoms with E-state index >= 15 is 0 Å². The first-order valence-corrected chi connectivity index (χ1v) is 8.39. The number of benzene rings is 1. The highest BCUT2D eigenvalue weighted by Gasteiger charge is 2.12. The first-order chi connectivity index (χ1) is 9.90. The number of hydrogen-bond acceptors (Lipinski definition) is 5. The molecule has 0 aliphatic carbocycles. The van der Waals surface area contributed by atoms with Crippen molar-refractivity contribution >= 4 is 22.7 Å². The molecule has 2 aromatic heterocycles. The Labute approximate surface area is 125 Å². The molecule has 0 fully saturated rings. The summed E-state index contributed by atoms with van der Waals surface area (Å²) in [5.74, 6) is 0. The van der Waals surface area contributed by atoms with Crippen molar-refractivity contribution in [2.45, 2.75) is 13.0 Å². The molecule has 0 spiro atoms. The largest absolute Gasteiger partial charge is 0.312 e. The van der Waals surface area contributed by atoms with Gasteiger partial charge in [-0.2, -0.15) is 0 Å². The van der Waals surface area contributed by atoms with Crippen LogP contribution in [0.4, 0.5) is 0 Å². The number of aromatic nitrogens is 2. The highest BCUT2D eigenvalue weighted by Crippen LogP contribution is 2.30. The zero-order valence-electron chi connectivity index (χ0n) is 10.8. The van der Waals surface area contributed by atoms with Crippen LogP contribution >= 0.6 is 22.7 Å². The molecule has 100 valence electrons. The van der Waals surface area contributed by atoms with E-state index in [1.807, 2.05) is 10.9 Å². The lowest BCUT2D eigenvalue weighted by atomic mass is 9.98. The van der Waals surface area contributed by atoms with Gasteiger partial charge in [0.25, 0.3) is 0 Å². The molecule has 20 heavy (non-hydrogen) atoms. The van der Waals surface area contributed by atoms with E-state index in [9.17, 15) is 0 Å². The van der Waals surface area contributed by atoms with Gasteiger partial charge in [-0.3, -0.25) is 0 Å². The number of nitrogens with zero attached hydrogens (tertiary/aromatic N) is 2. The van der Waals surface area contributed by atoms with Crippen LogP contribution in [-0.4, -0.2) is 16.5 Å². The molecule has 1 N–H and O–H groups in total. The Hall–Kier alpha value is -1.56. The third-order valence-corrected chi connectivity index (χ3v) is 5.00. The van der Waals surface area contributed by atoms with Crippen molar-refractivity contribution in [2.75, 3.05) is 6.54 Å². The van der Waals surface area contributed by atoms with Gasteiger partial charge in [-0.15, -0.1) is 22.7 Å². The van der Waals surface area contributed by atoms with Crippen LogP contribution in [0.5, 0.6) is 0 Å². The van der Waals surface area contributed by atoms with Crippen LogP contribution in [0.25, 0.3) is 22.0 Å². The van der Waals surface area contributed by atoms with Gasteiger partial charge >= 0.3 is 0 Å². The third-order valence-electron chi connectivity index (χ3n) is 3.54. The maximum absolute atomic E-state index is 4.72. The zero-order valence-corrected chi connectivity index (χ0v) is 12.4. The molecular formula is C15H13N3S2. The number of fused-ring (bicyclic) bond motifs is 1. The van der Waals surface area contributed by atoms with E-state index in [4.69, 9.17) is 4.98 Å². The van der Waals surface area contributed by atoms with Crippen LogP contribution in [-0.2, 0) is 13.0 Å². The molecule has 3 nitrogen and oxygen atoms in total. The van der Waals surface area contributed by atoms with Crippen molar-refractivity contribution in [1.82, 2.24) is 15.3 Å². The van der Waals surface area contributed by atoms with Gasteiger partial charge in [-0.1, -0.05) is 12.1 Å². The fraction of sp³-hybridized carbons (Fsp3) is 0.200. The summed E-state index contributed by atoms with van der Waals surface area (Å²) < 4.78 is 0. The van der Waals surface area contributed by atoms with Crippen LogP contribution in [0.1, 0.15) is 11.1 Å². The van der Waals surface area contributed by atoms with E-state index in [0.29, 0.717) is 0 Å². The molecule has 0 saturated carbocycles. The topological polar surface area (TPSA) is 37.8 Å². The Bertz CT molecular complexity index is 731. The summed E-state index contributed by atoms with van der Waals surface area (Å²) >= 11 is 3.27. The zero-order chi connectivity index (χ0) is 13.4. The van der Waals surface area contributed by atoms with Crippen molar-refractivity contribution in [1.29, 1.82) is 0 Å². The minimum absolute atomic E-state index is 0.980. The minimum atomic E-state index is 0.980. The lowest BCUT2D eigenvalue weighted by molar-refractivity contribution is 0.644. The highest BCUT2D eigenvalue weighted by atomic mass is 32.1. The molecule has 0 saturated heterocycles. The Balaban J connectivity index is 1.71. The van der Waals surface area contributed by atoms with Crippen LogP contribution in [0.3, 0.4) is 0 Å². The summed E-state index contributed by atoms with van der Waals surface area (Å²) in [5, 5.41) is 8.57. The van der Waals surface area contributed by atoms with E-state index in [1.54, 1.807) is 22.7 Å². The minimum Gasteiger partial charge on any atom is -0.312 e. The Morgan fingerprint density at radius 2 is 2.10 bits per heavy atom. The van der Waals surface area contributed by atoms with Crippen molar-refractivity contribution in [2.24, 2.45) is 0 Å². The highest BCUT2D eigenvalue weighted by molar-refractivity contribution is 7.14. The molecule has 0 bridgehead atoms. The van der Waals surface area contributed by atoms with Crippen molar-refractivity contribution in [3.8, 4) is 22.0 Å². The van der Waals surface area contributed by atoms with Gasteiger partial charge in [0.1, 0.15) is 10.7 Å². The van der Waals surface area contributed by atoms with Gasteiger partial charge in [-0.25, -0.2) is 9.97 Å². The molecule has 1 aromatic carbocycles. The lowest BCUT2D eigenvalue weighted by Crippen LogP contribution is -2.23. The number of thiazole rings is 2. The molecule has 0 amide bonds. The average Bonchev–Trinajstić information content (AvgIpc) is 3.17. The molecule has 0 unspecified atom stereocenters. The number of nitrogens with one attached hydrogen (secondary N) is 1. The van der Waals surface area contributed by atoms with E-state index < -0.39 is 0 Å². The van der Waals surface area contributed by atoms with Crippen LogP contribution < -0.4 is 5.32 Å². The summed E-state index contributed by atoms with van der Waals surface area (Å²) in [6, 6.07) is 6.68. The van der Waals surface area contributed by atoms with Crippen molar-refractivity contribution in [3.63, 3.8) is 0 Å². The molecule has 0 radical (unpaired) electrons. The third kappa shape index (κ3) is 2.18. The van der Waals surface area contributed by atoms with E-state index in [2.05, 4.69) is 33.9 Å². The molecular weight excluding hydrogens is 286 g/mol. The fourth-order valence-electron chi connectivity index (χ4n) is 2.48. The fourth-order valence-corrected chi connectivity index (χ4v) is 3.89. The molecule has 5 heteroatoms. The van der Waals surface area contributed by atoms with E-state index in [1.165, 1.54) is 16.7 Å². The summed E-state index contributed by atoms with van der Waals surface area (Å²) in [6.07, 6.45) is 1.10. The Morgan fingerprint density at radius 3 is 3.00 bits per heavy atom. The van der Waals surface area contributed by atoms with Crippen molar-refractivity contribution in [3.05, 3.63) is 45.6 Å². The van der Waals surface area contributed by atoms with E-state index in [0.717, 1.165) is 35.9 Å². The van der Waals surface area contributed by atoms with Gasteiger partial charge < -0.3 is 5.32 Å².